The monoisotopic (exact) mass is 632 g/mol. The number of nitrogens with zero attached hydrogens (tertiary/aromatic N) is 4. The summed E-state index contributed by atoms with van der Waals surface area (Å²) < 4.78 is 33.3. The molecule has 4 atom stereocenters. The lowest BCUT2D eigenvalue weighted by Gasteiger charge is -2.41. The molecule has 2 N–H and O–H groups in total. The lowest BCUT2D eigenvalue weighted by molar-refractivity contribution is -0.0325. The van der Waals surface area contributed by atoms with E-state index in [4.69, 9.17) is 4.74 Å². The Morgan fingerprint density at radius 3 is 1.85 bits per heavy atom. The Morgan fingerprint density at radius 1 is 0.805 bits per heavy atom. The second-order valence-corrected chi connectivity index (χ2v) is 10.0. The lowest BCUT2D eigenvalue weighted by Crippen LogP contribution is -2.57. The van der Waals surface area contributed by atoms with Crippen LogP contribution in [0.1, 0.15) is 11.1 Å². The van der Waals surface area contributed by atoms with E-state index in [1.54, 1.807) is 30.5 Å². The van der Waals surface area contributed by atoms with Crippen molar-refractivity contribution in [2.24, 2.45) is 0 Å². The van der Waals surface area contributed by atoms with Crippen molar-refractivity contribution in [1.29, 1.82) is 0 Å². The van der Waals surface area contributed by atoms with E-state index in [0.29, 0.717) is 19.6 Å². The predicted molar refractivity (Wildman–Crippen MR) is 162 cm³/mol. The highest BCUT2D eigenvalue weighted by atomic mass is 35.5. The molecule has 0 spiro atoms. The van der Waals surface area contributed by atoms with Crippen molar-refractivity contribution in [1.82, 2.24) is 14.8 Å². The number of hydrogen-bond acceptors (Lipinski definition) is 7. The maximum atomic E-state index is 13.5. The van der Waals surface area contributed by atoms with Gasteiger partial charge in [-0.3, -0.25) is 9.80 Å². The summed E-state index contributed by atoms with van der Waals surface area (Å²) >= 11 is 0. The van der Waals surface area contributed by atoms with Crippen LogP contribution in [0.3, 0.4) is 0 Å². The molecule has 226 valence electrons. The van der Waals surface area contributed by atoms with Crippen LogP contribution in [0.5, 0.6) is 0 Å². The smallest absolute Gasteiger partial charge is 0.128 e. The maximum absolute atomic E-state index is 13.5. The van der Waals surface area contributed by atoms with Crippen molar-refractivity contribution in [2.75, 3.05) is 44.2 Å². The van der Waals surface area contributed by atoms with Gasteiger partial charge >= 0.3 is 0 Å². The average molecular weight is 634 g/mol. The third-order valence-electron chi connectivity index (χ3n) is 7.43. The summed E-state index contributed by atoms with van der Waals surface area (Å²) in [4.78, 5) is 11.1. The third-order valence-corrected chi connectivity index (χ3v) is 7.43. The Bertz CT molecular complexity index is 1110. The summed E-state index contributed by atoms with van der Waals surface area (Å²) in [6.45, 7) is 4.26. The molecule has 12 heteroatoms. The Hall–Kier alpha value is -2.08. The highest BCUT2D eigenvalue weighted by molar-refractivity contribution is 5.86. The van der Waals surface area contributed by atoms with Crippen LogP contribution in [-0.2, 0) is 17.8 Å². The van der Waals surface area contributed by atoms with E-state index >= 15 is 0 Å². The van der Waals surface area contributed by atoms with Gasteiger partial charge in [-0.05, 0) is 47.5 Å². The van der Waals surface area contributed by atoms with Gasteiger partial charge < -0.3 is 19.8 Å². The summed E-state index contributed by atoms with van der Waals surface area (Å²) in [7, 11) is 0. The number of pyridine rings is 1. The zero-order valence-corrected chi connectivity index (χ0v) is 24.9. The Morgan fingerprint density at radius 2 is 1.37 bits per heavy atom. The van der Waals surface area contributed by atoms with Crippen LogP contribution in [0, 0.1) is 11.6 Å². The molecule has 0 unspecified atom stereocenters. The van der Waals surface area contributed by atoms with Crippen molar-refractivity contribution in [3.8, 4) is 0 Å². The summed E-state index contributed by atoms with van der Waals surface area (Å²) in [5.41, 5.74) is 1.87. The maximum Gasteiger partial charge on any atom is 0.128 e. The fraction of sp³-hybridized carbons (Fsp3) is 0.414. The van der Waals surface area contributed by atoms with Gasteiger partial charge in [0, 0.05) is 52.0 Å². The SMILES string of the molecule is Cl.Cl.Cl.OC[C@@H]1O[C@H](CN(Cc2ccc(F)cc2)Cc2ccc(F)cc2)[C@H](N2CCN(c3ccccn3)CC2)[C@@H]1O. The molecular weight excluding hydrogens is 597 g/mol. The van der Waals surface area contributed by atoms with Gasteiger partial charge in [0.15, 0.2) is 0 Å². The number of hydrogen-bond donors (Lipinski definition) is 2. The summed E-state index contributed by atoms with van der Waals surface area (Å²) in [5, 5.41) is 21.1. The number of anilines is 1. The van der Waals surface area contributed by atoms with Crippen LogP contribution in [-0.4, -0.2) is 88.7 Å². The van der Waals surface area contributed by atoms with Crippen LogP contribution in [0.2, 0.25) is 0 Å². The van der Waals surface area contributed by atoms with E-state index in [-0.39, 0.29) is 67.6 Å². The number of halogens is 5. The molecule has 0 amide bonds. The van der Waals surface area contributed by atoms with Crippen LogP contribution in [0.15, 0.2) is 72.9 Å². The van der Waals surface area contributed by atoms with E-state index in [1.165, 1.54) is 24.3 Å². The zero-order valence-electron chi connectivity index (χ0n) is 22.5. The van der Waals surface area contributed by atoms with Gasteiger partial charge in [-0.2, -0.15) is 0 Å². The summed E-state index contributed by atoms with van der Waals surface area (Å²) in [6.07, 6.45) is -0.0683. The summed E-state index contributed by atoms with van der Waals surface area (Å²) in [6, 6.07) is 18.3. The molecule has 2 saturated heterocycles. The molecule has 41 heavy (non-hydrogen) atoms. The van der Waals surface area contributed by atoms with E-state index in [0.717, 1.165) is 43.1 Å². The van der Waals surface area contributed by atoms with E-state index in [1.807, 2.05) is 18.2 Å². The summed E-state index contributed by atoms with van der Waals surface area (Å²) in [5.74, 6) is 0.346. The zero-order chi connectivity index (χ0) is 26.5. The Kier molecular flexibility index (Phi) is 14.2. The molecular formula is C29H37Cl3F2N4O3. The van der Waals surface area contributed by atoms with Crippen LogP contribution in [0.25, 0.3) is 0 Å². The number of aromatic nitrogens is 1. The van der Waals surface area contributed by atoms with Crippen molar-refractivity contribution < 1.29 is 23.7 Å². The predicted octanol–water partition coefficient (Wildman–Crippen LogP) is 3.94. The second kappa shape index (κ2) is 16.5. The molecule has 3 heterocycles. The minimum absolute atomic E-state index is 0. The number of ether oxygens (including phenoxy) is 1. The molecule has 2 fully saturated rings. The first-order valence-corrected chi connectivity index (χ1v) is 13.1. The minimum atomic E-state index is -0.829. The normalized spacial score (nSPS) is 22.5. The molecule has 2 aromatic carbocycles. The molecule has 0 saturated carbocycles. The van der Waals surface area contributed by atoms with E-state index in [2.05, 4.69) is 19.7 Å². The first kappa shape index (κ1) is 35.1. The highest BCUT2D eigenvalue weighted by Crippen LogP contribution is 2.29. The molecule has 0 radical (unpaired) electrons. The van der Waals surface area contributed by atoms with E-state index in [9.17, 15) is 19.0 Å². The number of benzene rings is 2. The number of aliphatic hydroxyl groups is 2. The highest BCUT2D eigenvalue weighted by Gasteiger charge is 2.47. The van der Waals surface area contributed by atoms with Crippen molar-refractivity contribution in [3.63, 3.8) is 0 Å². The Labute approximate surface area is 258 Å². The topological polar surface area (TPSA) is 72.3 Å². The van der Waals surface area contributed by atoms with Gasteiger partial charge in [-0.15, -0.1) is 37.2 Å². The lowest BCUT2D eigenvalue weighted by atomic mass is 10.0. The Balaban J connectivity index is 0.00000196. The number of piperazine rings is 1. The van der Waals surface area contributed by atoms with Gasteiger partial charge in [-0.25, -0.2) is 13.8 Å². The molecule has 0 bridgehead atoms. The van der Waals surface area contributed by atoms with Gasteiger partial charge in [0.25, 0.3) is 0 Å². The molecule has 3 aromatic rings. The van der Waals surface area contributed by atoms with Gasteiger partial charge in [0.05, 0.1) is 18.8 Å². The van der Waals surface area contributed by atoms with Gasteiger partial charge in [0.1, 0.15) is 29.7 Å². The van der Waals surface area contributed by atoms with Crippen LogP contribution in [0.4, 0.5) is 14.6 Å². The first-order chi connectivity index (χ1) is 18.5. The standard InChI is InChI=1S/C29H34F2N4O3.3ClH/c30-23-8-4-21(5-9-23)17-33(18-22-6-10-24(31)11-7-22)19-25-28(29(37)26(20-36)38-25)35-15-13-34(14-16-35)27-3-1-2-12-32-27;;;/h1-12,25-26,28-29,36-37H,13-20H2;3*1H/t25-,26+,28+,29-;;;/m1.../s1. The van der Waals surface area contributed by atoms with Gasteiger partial charge in [0.2, 0.25) is 0 Å². The molecule has 2 aliphatic heterocycles. The number of aliphatic hydroxyl groups excluding tert-OH is 2. The van der Waals surface area contributed by atoms with Gasteiger partial charge in [-0.1, -0.05) is 30.3 Å². The fourth-order valence-electron chi connectivity index (χ4n) is 5.50. The quantitative estimate of drug-likeness (QED) is 0.370. The molecule has 1 aromatic heterocycles. The first-order valence-electron chi connectivity index (χ1n) is 13.1. The average Bonchev–Trinajstić information content (AvgIpc) is 3.26. The van der Waals surface area contributed by atoms with Crippen LogP contribution < -0.4 is 4.90 Å². The third kappa shape index (κ3) is 8.95. The van der Waals surface area contributed by atoms with Crippen LogP contribution >= 0.6 is 37.2 Å². The minimum Gasteiger partial charge on any atom is -0.394 e. The van der Waals surface area contributed by atoms with Crippen molar-refractivity contribution in [2.45, 2.75) is 37.4 Å². The van der Waals surface area contributed by atoms with E-state index < -0.39 is 12.2 Å². The van der Waals surface area contributed by atoms with Crippen molar-refractivity contribution in [3.05, 3.63) is 95.7 Å². The largest absolute Gasteiger partial charge is 0.394 e. The molecule has 5 rings (SSSR count). The molecule has 2 aliphatic rings. The fourth-order valence-corrected chi connectivity index (χ4v) is 5.50. The van der Waals surface area contributed by atoms with Crippen molar-refractivity contribution >= 4 is 43.0 Å². The second-order valence-electron chi connectivity index (χ2n) is 10.0. The molecule has 7 nitrogen and oxygen atoms in total. The molecule has 0 aliphatic carbocycles. The number of rotatable bonds is 9.